The Morgan fingerprint density at radius 2 is 2.50 bits per heavy atom. The van der Waals surface area contributed by atoms with Crippen molar-refractivity contribution in [2.45, 2.75) is 0 Å². The van der Waals surface area contributed by atoms with Crippen molar-refractivity contribution in [1.82, 2.24) is 9.97 Å². The topological polar surface area (TPSA) is 75.2 Å². The molecule has 1 aromatic heterocycles. The highest BCUT2D eigenvalue weighted by Crippen LogP contribution is 2.15. The van der Waals surface area contributed by atoms with E-state index in [-0.39, 0.29) is 29.1 Å². The van der Waals surface area contributed by atoms with Crippen LogP contribution in [0.5, 0.6) is 5.88 Å². The van der Waals surface area contributed by atoms with Gasteiger partial charge < -0.3 is 14.8 Å². The third-order valence-corrected chi connectivity index (χ3v) is 1.79. The third-order valence-electron chi connectivity index (χ3n) is 1.09. The second-order valence-corrected chi connectivity index (χ2v) is 2.72. The van der Waals surface area contributed by atoms with Gasteiger partial charge in [0.2, 0.25) is 5.88 Å². The Morgan fingerprint density at radius 3 is 3.17 bits per heavy atom. The number of hydrogen-bond acceptors (Lipinski definition) is 4. The van der Waals surface area contributed by atoms with Crippen molar-refractivity contribution in [3.05, 3.63) is 21.2 Å². The average Bonchev–Trinajstić information content (AvgIpc) is 2.08. The Labute approximate surface area is 76.5 Å². The molecule has 0 aromatic carbocycles. The van der Waals surface area contributed by atoms with Crippen LogP contribution < -0.4 is 10.3 Å². The summed E-state index contributed by atoms with van der Waals surface area (Å²) in [6, 6.07) is 0. The second kappa shape index (κ2) is 4.22. The van der Waals surface area contributed by atoms with Crippen molar-refractivity contribution in [3.63, 3.8) is 0 Å². The van der Waals surface area contributed by atoms with Gasteiger partial charge in [0.05, 0.1) is 12.9 Å². The summed E-state index contributed by atoms with van der Waals surface area (Å²) in [5.41, 5.74) is -0.307. The first-order valence-electron chi connectivity index (χ1n) is 3.22. The first kappa shape index (κ1) is 9.21. The molecule has 1 aromatic rings. The summed E-state index contributed by atoms with van der Waals surface area (Å²) in [6.07, 6.45) is 1.24. The summed E-state index contributed by atoms with van der Waals surface area (Å²) in [5.74, 6) is 0.188. The van der Waals surface area contributed by atoms with Crippen LogP contribution in [0.25, 0.3) is 0 Å². The highest BCUT2D eigenvalue weighted by Gasteiger charge is 2.04. The molecule has 0 atom stereocenters. The minimum atomic E-state index is -0.307. The lowest BCUT2D eigenvalue weighted by atomic mass is 10.6. The fraction of sp³-hybridized carbons (Fsp3) is 0.333. The minimum absolute atomic E-state index is 0.110. The monoisotopic (exact) mass is 234 g/mol. The van der Waals surface area contributed by atoms with E-state index in [0.717, 1.165) is 0 Å². The van der Waals surface area contributed by atoms with E-state index >= 15 is 0 Å². The van der Waals surface area contributed by atoms with Gasteiger partial charge in [0.25, 0.3) is 5.56 Å². The molecule has 0 aliphatic heterocycles. The molecule has 0 bridgehead atoms. The number of halogens is 1. The largest absolute Gasteiger partial charge is 0.474 e. The maximum atomic E-state index is 10.9. The van der Waals surface area contributed by atoms with Gasteiger partial charge >= 0.3 is 0 Å². The number of ether oxygens (including phenoxy) is 1. The fourth-order valence-corrected chi connectivity index (χ4v) is 0.941. The van der Waals surface area contributed by atoms with E-state index in [1.807, 2.05) is 0 Å². The zero-order chi connectivity index (χ0) is 8.97. The van der Waals surface area contributed by atoms with Gasteiger partial charge in [-0.15, -0.1) is 0 Å². The van der Waals surface area contributed by atoms with Crippen LogP contribution in [0.15, 0.2) is 15.6 Å². The summed E-state index contributed by atoms with van der Waals surface area (Å²) in [4.78, 5) is 17.0. The molecule has 0 spiro atoms. The highest BCUT2D eigenvalue weighted by molar-refractivity contribution is 9.10. The van der Waals surface area contributed by atoms with Crippen LogP contribution in [-0.4, -0.2) is 28.3 Å². The lowest BCUT2D eigenvalue weighted by molar-refractivity contribution is 0.195. The second-order valence-electron chi connectivity index (χ2n) is 1.92. The number of hydrogen-bond donors (Lipinski definition) is 2. The van der Waals surface area contributed by atoms with E-state index in [4.69, 9.17) is 9.84 Å². The summed E-state index contributed by atoms with van der Waals surface area (Å²) in [6.45, 7) is 0.00989. The van der Waals surface area contributed by atoms with Gasteiger partial charge in [0.15, 0.2) is 0 Å². The van der Waals surface area contributed by atoms with Gasteiger partial charge in [-0.3, -0.25) is 4.79 Å². The molecule has 1 rings (SSSR count). The van der Waals surface area contributed by atoms with Crippen LogP contribution in [0, 0.1) is 0 Å². The standard InChI is InChI=1S/C6H7BrN2O3/c7-4-5(11)8-3-9-6(4)12-2-1-10/h3,10H,1-2H2,(H,8,9,11). The molecule has 0 saturated heterocycles. The first-order valence-corrected chi connectivity index (χ1v) is 4.02. The van der Waals surface area contributed by atoms with E-state index < -0.39 is 0 Å². The number of aliphatic hydroxyl groups excluding tert-OH is 1. The zero-order valence-electron chi connectivity index (χ0n) is 6.08. The van der Waals surface area contributed by atoms with Crippen LogP contribution in [0.2, 0.25) is 0 Å². The van der Waals surface area contributed by atoms with E-state index in [0.29, 0.717) is 0 Å². The normalized spacial score (nSPS) is 9.83. The van der Waals surface area contributed by atoms with Gasteiger partial charge in [-0.25, -0.2) is 4.98 Å². The van der Waals surface area contributed by atoms with Gasteiger partial charge in [0.1, 0.15) is 11.1 Å². The van der Waals surface area contributed by atoms with Crippen LogP contribution in [0.3, 0.4) is 0 Å². The number of aliphatic hydroxyl groups is 1. The predicted octanol–water partition coefficient (Wildman–Crippen LogP) is -0.0965. The molecule has 1 heterocycles. The van der Waals surface area contributed by atoms with Crippen molar-refractivity contribution in [2.24, 2.45) is 0 Å². The SMILES string of the molecule is O=c1[nH]cnc(OCCO)c1Br. The Balaban J connectivity index is 2.85. The van der Waals surface area contributed by atoms with Crippen molar-refractivity contribution in [1.29, 1.82) is 0 Å². The average molecular weight is 235 g/mol. The van der Waals surface area contributed by atoms with Crippen molar-refractivity contribution < 1.29 is 9.84 Å². The maximum Gasteiger partial charge on any atom is 0.268 e. The highest BCUT2D eigenvalue weighted by atomic mass is 79.9. The number of nitrogens with one attached hydrogen (secondary N) is 1. The van der Waals surface area contributed by atoms with Crippen LogP contribution in [-0.2, 0) is 0 Å². The Bertz CT molecular complexity index is 312. The summed E-state index contributed by atoms with van der Waals surface area (Å²) >= 11 is 3.00. The van der Waals surface area contributed by atoms with Crippen molar-refractivity contribution in [2.75, 3.05) is 13.2 Å². The molecular weight excluding hydrogens is 228 g/mol. The third kappa shape index (κ3) is 2.05. The molecular formula is C6H7BrN2O3. The zero-order valence-corrected chi connectivity index (χ0v) is 7.67. The van der Waals surface area contributed by atoms with Gasteiger partial charge in [-0.05, 0) is 15.9 Å². The Hall–Kier alpha value is -0.880. The van der Waals surface area contributed by atoms with Crippen molar-refractivity contribution >= 4 is 15.9 Å². The van der Waals surface area contributed by atoms with Gasteiger partial charge in [0, 0.05) is 0 Å². The van der Waals surface area contributed by atoms with E-state index in [1.165, 1.54) is 6.33 Å². The number of H-pyrrole nitrogens is 1. The maximum absolute atomic E-state index is 10.9. The molecule has 0 unspecified atom stereocenters. The van der Waals surface area contributed by atoms with Crippen LogP contribution in [0.1, 0.15) is 0 Å². The number of nitrogens with zero attached hydrogens (tertiary/aromatic N) is 1. The Kier molecular flexibility index (Phi) is 3.24. The quantitative estimate of drug-likeness (QED) is 0.767. The molecule has 66 valence electrons. The lowest BCUT2D eigenvalue weighted by Crippen LogP contribution is -2.11. The van der Waals surface area contributed by atoms with Crippen LogP contribution in [0.4, 0.5) is 0 Å². The molecule has 5 nitrogen and oxygen atoms in total. The van der Waals surface area contributed by atoms with E-state index in [1.54, 1.807) is 0 Å². The summed E-state index contributed by atoms with van der Waals surface area (Å²) in [5, 5.41) is 8.43. The van der Waals surface area contributed by atoms with Crippen LogP contribution >= 0.6 is 15.9 Å². The van der Waals surface area contributed by atoms with Gasteiger partial charge in [-0.2, -0.15) is 0 Å². The number of aromatic amines is 1. The smallest absolute Gasteiger partial charge is 0.268 e. The molecule has 0 aliphatic rings. The molecule has 0 fully saturated rings. The van der Waals surface area contributed by atoms with E-state index in [2.05, 4.69) is 25.9 Å². The molecule has 2 N–H and O–H groups in total. The molecule has 12 heavy (non-hydrogen) atoms. The fourth-order valence-electron chi connectivity index (χ4n) is 0.610. The number of aromatic nitrogens is 2. The van der Waals surface area contributed by atoms with Crippen molar-refractivity contribution in [3.8, 4) is 5.88 Å². The predicted molar refractivity (Wildman–Crippen MR) is 45.1 cm³/mol. The molecule has 0 saturated carbocycles. The molecule has 6 heteroatoms. The van der Waals surface area contributed by atoms with Gasteiger partial charge in [-0.1, -0.05) is 0 Å². The molecule has 0 radical (unpaired) electrons. The first-order chi connectivity index (χ1) is 5.75. The summed E-state index contributed by atoms with van der Waals surface area (Å²) < 4.78 is 5.17. The minimum Gasteiger partial charge on any atom is -0.474 e. The molecule has 0 amide bonds. The molecule has 0 aliphatic carbocycles. The summed E-state index contributed by atoms with van der Waals surface area (Å²) in [7, 11) is 0. The van der Waals surface area contributed by atoms with E-state index in [9.17, 15) is 4.79 Å². The Morgan fingerprint density at radius 1 is 1.75 bits per heavy atom. The lowest BCUT2D eigenvalue weighted by Gasteiger charge is -2.02. The number of rotatable bonds is 3.